The third kappa shape index (κ3) is 2.54. The molecule has 0 amide bonds. The van der Waals surface area contributed by atoms with Crippen molar-refractivity contribution in [2.45, 2.75) is 13.8 Å². The third-order valence-electron chi connectivity index (χ3n) is 3.67. The maximum Gasteiger partial charge on any atom is 0.355 e. The highest BCUT2D eigenvalue weighted by Crippen LogP contribution is 2.27. The Morgan fingerprint density at radius 2 is 1.71 bits per heavy atom. The van der Waals surface area contributed by atoms with Crippen LogP contribution in [0.15, 0.2) is 18.2 Å². The fourth-order valence-electron chi connectivity index (χ4n) is 2.65. The molecule has 2 heterocycles. The van der Waals surface area contributed by atoms with E-state index in [0.717, 1.165) is 5.39 Å². The molecule has 2 N–H and O–H groups in total. The number of fused-ring (bicyclic) bond motifs is 2. The van der Waals surface area contributed by atoms with E-state index < -0.39 is 11.9 Å². The normalized spacial score (nSPS) is 10.9. The Morgan fingerprint density at radius 1 is 1.00 bits per heavy atom. The summed E-state index contributed by atoms with van der Waals surface area (Å²) in [5.74, 6) is -1.02. The smallest absolute Gasteiger partial charge is 0.355 e. The fourth-order valence-corrected chi connectivity index (χ4v) is 2.65. The molecule has 124 valence electrons. The molecule has 0 aliphatic heterocycles. The Kier molecular flexibility index (Phi) is 4.07. The van der Waals surface area contributed by atoms with E-state index in [2.05, 4.69) is 9.97 Å². The maximum atomic E-state index is 12.0. The summed E-state index contributed by atoms with van der Waals surface area (Å²) in [7, 11) is 0. The Labute approximate surface area is 136 Å². The molecular formula is C17H16N2O5. The Bertz CT molecular complexity index is 951. The van der Waals surface area contributed by atoms with Crippen LogP contribution in [0.1, 0.15) is 45.2 Å². The summed E-state index contributed by atoms with van der Waals surface area (Å²) >= 11 is 0. The molecule has 0 saturated heterocycles. The van der Waals surface area contributed by atoms with E-state index in [1.807, 2.05) is 0 Å². The number of carbonyl (C=O) groups is 3. The number of hydrogen-bond acceptors (Lipinski definition) is 5. The molecule has 3 aromatic rings. The minimum atomic E-state index is -0.577. The van der Waals surface area contributed by atoms with Crippen LogP contribution >= 0.6 is 0 Å². The lowest BCUT2D eigenvalue weighted by molar-refractivity contribution is 0.0510. The number of nitrogens with one attached hydrogen (secondary N) is 2. The Morgan fingerprint density at radius 3 is 2.38 bits per heavy atom. The average molecular weight is 328 g/mol. The van der Waals surface area contributed by atoms with Gasteiger partial charge in [-0.25, -0.2) is 9.59 Å². The van der Waals surface area contributed by atoms with Gasteiger partial charge in [0.2, 0.25) is 0 Å². The first-order valence-electron chi connectivity index (χ1n) is 7.56. The van der Waals surface area contributed by atoms with Crippen molar-refractivity contribution in [1.82, 2.24) is 9.97 Å². The maximum absolute atomic E-state index is 12.0. The highest BCUT2D eigenvalue weighted by Gasteiger charge is 2.20. The first-order chi connectivity index (χ1) is 11.6. The number of aromatic nitrogens is 2. The quantitative estimate of drug-likeness (QED) is 0.554. The number of carbonyl (C=O) groups excluding carboxylic acids is 3. The summed E-state index contributed by atoms with van der Waals surface area (Å²) in [5.41, 5.74) is 1.99. The summed E-state index contributed by atoms with van der Waals surface area (Å²) < 4.78 is 9.92. The second-order valence-corrected chi connectivity index (χ2v) is 5.14. The highest BCUT2D eigenvalue weighted by molar-refractivity contribution is 6.11. The van der Waals surface area contributed by atoms with E-state index in [0.29, 0.717) is 28.4 Å². The number of ether oxygens (including phenoxy) is 2. The minimum Gasteiger partial charge on any atom is -0.461 e. The van der Waals surface area contributed by atoms with Crippen LogP contribution in [0.4, 0.5) is 0 Å². The first kappa shape index (κ1) is 15.8. The number of benzene rings is 1. The molecule has 0 radical (unpaired) electrons. The van der Waals surface area contributed by atoms with Gasteiger partial charge in [0.25, 0.3) is 0 Å². The number of rotatable bonds is 5. The predicted octanol–water partition coefficient (Wildman–Crippen LogP) is 2.82. The summed E-state index contributed by atoms with van der Waals surface area (Å²) in [5, 5.41) is 1.33. The van der Waals surface area contributed by atoms with Crippen molar-refractivity contribution >= 4 is 40.0 Å². The Hall–Kier alpha value is -3.09. The van der Waals surface area contributed by atoms with Gasteiger partial charge in [-0.1, -0.05) is 0 Å². The topological polar surface area (TPSA) is 101 Å². The van der Waals surface area contributed by atoms with Crippen LogP contribution in [0.25, 0.3) is 21.8 Å². The van der Waals surface area contributed by atoms with E-state index >= 15 is 0 Å². The van der Waals surface area contributed by atoms with Gasteiger partial charge in [-0.2, -0.15) is 0 Å². The van der Waals surface area contributed by atoms with Gasteiger partial charge in [0.05, 0.1) is 18.8 Å². The van der Waals surface area contributed by atoms with Crippen molar-refractivity contribution in [3.8, 4) is 0 Å². The van der Waals surface area contributed by atoms with E-state index in [1.54, 1.807) is 32.0 Å². The lowest BCUT2D eigenvalue weighted by Gasteiger charge is -1.99. The lowest BCUT2D eigenvalue weighted by Crippen LogP contribution is -2.07. The number of hydrogen-bond donors (Lipinski definition) is 2. The molecule has 0 spiro atoms. The number of esters is 2. The zero-order valence-corrected chi connectivity index (χ0v) is 13.3. The molecule has 0 aliphatic rings. The van der Waals surface area contributed by atoms with Gasteiger partial charge < -0.3 is 19.4 Å². The van der Waals surface area contributed by atoms with Gasteiger partial charge in [-0.15, -0.1) is 0 Å². The molecule has 0 saturated carbocycles. The SMILES string of the molecule is CCOC(=O)c1cc2cc3c(C=O)c(C(=O)OCC)[nH]c3cc2[nH]1. The standard InChI is InChI=1S/C17H16N2O5/c1-3-23-16(21)14-6-9-5-10-11(8-20)15(17(22)24-4-2)19-13(10)7-12(9)18-14/h5-8,18-19H,3-4H2,1-2H3. The van der Waals surface area contributed by atoms with Crippen molar-refractivity contribution < 1.29 is 23.9 Å². The summed E-state index contributed by atoms with van der Waals surface area (Å²) in [6.07, 6.45) is 0.621. The first-order valence-corrected chi connectivity index (χ1v) is 7.56. The monoisotopic (exact) mass is 328 g/mol. The molecule has 3 rings (SSSR count). The van der Waals surface area contributed by atoms with E-state index in [4.69, 9.17) is 9.47 Å². The van der Waals surface area contributed by atoms with E-state index in [1.165, 1.54) is 0 Å². The lowest BCUT2D eigenvalue weighted by atomic mass is 10.1. The molecule has 2 aromatic heterocycles. The van der Waals surface area contributed by atoms with Crippen LogP contribution in [0.5, 0.6) is 0 Å². The second kappa shape index (κ2) is 6.19. The highest BCUT2D eigenvalue weighted by atomic mass is 16.5. The van der Waals surface area contributed by atoms with Gasteiger partial charge in [-0.05, 0) is 32.0 Å². The van der Waals surface area contributed by atoms with Crippen LogP contribution < -0.4 is 0 Å². The van der Waals surface area contributed by atoms with Crippen LogP contribution in [0, 0.1) is 0 Å². The zero-order valence-electron chi connectivity index (χ0n) is 13.3. The van der Waals surface area contributed by atoms with Crippen molar-refractivity contribution in [3.05, 3.63) is 35.2 Å². The summed E-state index contributed by atoms with van der Waals surface area (Å²) in [6.45, 7) is 3.93. The molecule has 0 bridgehead atoms. The molecule has 24 heavy (non-hydrogen) atoms. The van der Waals surface area contributed by atoms with Crippen LogP contribution in [-0.2, 0) is 9.47 Å². The Balaban J connectivity index is 2.14. The number of H-pyrrole nitrogens is 2. The molecule has 7 nitrogen and oxygen atoms in total. The van der Waals surface area contributed by atoms with Gasteiger partial charge in [0.15, 0.2) is 6.29 Å². The fraction of sp³-hybridized carbons (Fsp3) is 0.235. The second-order valence-electron chi connectivity index (χ2n) is 5.14. The van der Waals surface area contributed by atoms with Crippen LogP contribution in [0.2, 0.25) is 0 Å². The molecule has 0 aliphatic carbocycles. The molecular weight excluding hydrogens is 312 g/mol. The summed E-state index contributed by atoms with van der Waals surface area (Å²) in [4.78, 5) is 41.1. The predicted molar refractivity (Wildman–Crippen MR) is 87.5 cm³/mol. The number of aldehydes is 1. The van der Waals surface area contributed by atoms with Gasteiger partial charge in [0.1, 0.15) is 11.4 Å². The van der Waals surface area contributed by atoms with Crippen molar-refractivity contribution in [1.29, 1.82) is 0 Å². The van der Waals surface area contributed by atoms with Gasteiger partial charge in [0, 0.05) is 21.8 Å². The number of aromatic amines is 2. The molecule has 0 atom stereocenters. The van der Waals surface area contributed by atoms with Gasteiger partial charge >= 0.3 is 11.9 Å². The molecule has 0 unspecified atom stereocenters. The minimum absolute atomic E-state index is 0.125. The molecule has 0 fully saturated rings. The van der Waals surface area contributed by atoms with Crippen molar-refractivity contribution in [3.63, 3.8) is 0 Å². The zero-order chi connectivity index (χ0) is 17.3. The van der Waals surface area contributed by atoms with Gasteiger partial charge in [-0.3, -0.25) is 4.79 Å². The van der Waals surface area contributed by atoms with Crippen LogP contribution in [-0.4, -0.2) is 41.4 Å². The van der Waals surface area contributed by atoms with Crippen LogP contribution in [0.3, 0.4) is 0 Å². The summed E-state index contributed by atoms with van der Waals surface area (Å²) in [6, 6.07) is 5.13. The van der Waals surface area contributed by atoms with Crippen molar-refractivity contribution in [2.24, 2.45) is 0 Å². The molecule has 1 aromatic carbocycles. The average Bonchev–Trinajstić information content (AvgIpc) is 3.13. The largest absolute Gasteiger partial charge is 0.461 e. The van der Waals surface area contributed by atoms with Crippen molar-refractivity contribution in [2.75, 3.05) is 13.2 Å². The van der Waals surface area contributed by atoms with E-state index in [-0.39, 0.29) is 24.5 Å². The third-order valence-corrected chi connectivity index (χ3v) is 3.67. The van der Waals surface area contributed by atoms with E-state index in [9.17, 15) is 14.4 Å². The molecule has 7 heteroatoms.